The lowest BCUT2D eigenvalue weighted by Crippen LogP contribution is -2.22. The van der Waals surface area contributed by atoms with Gasteiger partial charge >= 0.3 is 0 Å². The number of rotatable bonds is 6. The summed E-state index contributed by atoms with van der Waals surface area (Å²) in [5.74, 6) is 0.598. The summed E-state index contributed by atoms with van der Waals surface area (Å²) in [6, 6.07) is 13.1. The van der Waals surface area contributed by atoms with Crippen molar-refractivity contribution in [2.24, 2.45) is 0 Å². The summed E-state index contributed by atoms with van der Waals surface area (Å²) in [7, 11) is 0. The topological polar surface area (TPSA) is 67.2 Å². The zero-order valence-corrected chi connectivity index (χ0v) is 14.4. The fourth-order valence-corrected chi connectivity index (χ4v) is 2.58. The second-order valence-corrected chi connectivity index (χ2v) is 6.12. The van der Waals surface area contributed by atoms with E-state index in [0.717, 1.165) is 21.5 Å². The molecule has 1 aromatic carbocycles. The van der Waals surface area contributed by atoms with E-state index in [-0.39, 0.29) is 5.91 Å². The zero-order valence-electron chi connectivity index (χ0n) is 12.8. The maximum absolute atomic E-state index is 12.2. The van der Waals surface area contributed by atoms with Gasteiger partial charge in [0.25, 0.3) is 5.91 Å². The Bertz CT molecular complexity index is 819. The van der Waals surface area contributed by atoms with Crippen LogP contribution in [0.3, 0.4) is 0 Å². The average molecular weight is 386 g/mol. The molecule has 5 nitrogen and oxygen atoms in total. The van der Waals surface area contributed by atoms with Crippen LogP contribution in [0.4, 0.5) is 5.69 Å². The van der Waals surface area contributed by atoms with Gasteiger partial charge in [-0.3, -0.25) is 9.78 Å². The molecule has 0 aliphatic rings. The van der Waals surface area contributed by atoms with Crippen molar-refractivity contribution in [3.63, 3.8) is 0 Å². The molecule has 2 aromatic heterocycles. The minimum atomic E-state index is -0.127. The smallest absolute Gasteiger partial charge is 0.251 e. The van der Waals surface area contributed by atoms with Gasteiger partial charge in [0.2, 0.25) is 0 Å². The van der Waals surface area contributed by atoms with E-state index in [1.165, 1.54) is 0 Å². The molecule has 0 radical (unpaired) electrons. The van der Waals surface area contributed by atoms with Gasteiger partial charge in [0.15, 0.2) is 0 Å². The molecule has 2 heterocycles. The Morgan fingerprint density at radius 1 is 1.12 bits per heavy atom. The highest BCUT2D eigenvalue weighted by molar-refractivity contribution is 9.10. The molecule has 3 aromatic rings. The van der Waals surface area contributed by atoms with Crippen LogP contribution in [-0.4, -0.2) is 10.9 Å². The number of anilines is 1. The van der Waals surface area contributed by atoms with Crippen molar-refractivity contribution in [3.05, 3.63) is 82.5 Å². The molecular weight excluding hydrogens is 370 g/mol. The van der Waals surface area contributed by atoms with Crippen molar-refractivity contribution in [3.8, 4) is 0 Å². The van der Waals surface area contributed by atoms with Crippen LogP contribution < -0.4 is 10.6 Å². The van der Waals surface area contributed by atoms with Crippen LogP contribution in [0, 0.1) is 0 Å². The minimum Gasteiger partial charge on any atom is -0.467 e. The lowest BCUT2D eigenvalue weighted by molar-refractivity contribution is 0.0948. The number of hydrogen-bond acceptors (Lipinski definition) is 4. The Hall–Kier alpha value is -2.60. The number of aromatic nitrogens is 1. The highest BCUT2D eigenvalue weighted by Crippen LogP contribution is 2.15. The van der Waals surface area contributed by atoms with Crippen molar-refractivity contribution < 1.29 is 9.21 Å². The van der Waals surface area contributed by atoms with Gasteiger partial charge in [-0.15, -0.1) is 0 Å². The summed E-state index contributed by atoms with van der Waals surface area (Å²) in [4.78, 5) is 16.3. The van der Waals surface area contributed by atoms with Crippen molar-refractivity contribution in [1.29, 1.82) is 0 Å². The minimum absolute atomic E-state index is 0.127. The van der Waals surface area contributed by atoms with E-state index >= 15 is 0 Å². The van der Waals surface area contributed by atoms with Gasteiger partial charge in [-0.25, -0.2) is 0 Å². The second kappa shape index (κ2) is 7.79. The van der Waals surface area contributed by atoms with Crippen LogP contribution >= 0.6 is 15.9 Å². The van der Waals surface area contributed by atoms with E-state index in [1.54, 1.807) is 30.8 Å². The number of pyridine rings is 1. The molecule has 0 fully saturated rings. The summed E-state index contributed by atoms with van der Waals surface area (Å²) in [6.07, 6.45) is 5.07. The first-order valence-electron chi connectivity index (χ1n) is 7.44. The molecule has 0 bridgehead atoms. The first-order chi connectivity index (χ1) is 11.7. The maximum Gasteiger partial charge on any atom is 0.251 e. The third-order valence-electron chi connectivity index (χ3n) is 3.39. The molecule has 0 atom stereocenters. The number of amides is 1. The SMILES string of the molecule is O=C(NCc1ccco1)c1cccc(CNc2cncc(Br)c2)c1. The van der Waals surface area contributed by atoms with Crippen LogP contribution in [0.1, 0.15) is 21.7 Å². The Kier molecular flexibility index (Phi) is 5.28. The lowest BCUT2D eigenvalue weighted by atomic mass is 10.1. The molecule has 2 N–H and O–H groups in total. The quantitative estimate of drug-likeness (QED) is 0.673. The van der Waals surface area contributed by atoms with Gasteiger partial charge in [0.1, 0.15) is 5.76 Å². The lowest BCUT2D eigenvalue weighted by Gasteiger charge is -2.08. The van der Waals surface area contributed by atoms with Gasteiger partial charge < -0.3 is 15.1 Å². The number of carbonyl (C=O) groups is 1. The van der Waals surface area contributed by atoms with Gasteiger partial charge in [-0.05, 0) is 51.8 Å². The molecule has 0 spiro atoms. The fraction of sp³-hybridized carbons (Fsp3) is 0.111. The van der Waals surface area contributed by atoms with Gasteiger partial charge in [-0.1, -0.05) is 12.1 Å². The van der Waals surface area contributed by atoms with Crippen molar-refractivity contribution in [2.45, 2.75) is 13.1 Å². The van der Waals surface area contributed by atoms with E-state index in [0.29, 0.717) is 18.7 Å². The number of nitrogens with zero attached hydrogens (tertiary/aromatic N) is 1. The summed E-state index contributed by atoms with van der Waals surface area (Å²) in [6.45, 7) is 0.982. The summed E-state index contributed by atoms with van der Waals surface area (Å²) >= 11 is 3.39. The van der Waals surface area contributed by atoms with Crippen LogP contribution in [0.15, 0.2) is 70.0 Å². The number of halogens is 1. The number of benzene rings is 1. The Balaban J connectivity index is 1.60. The molecule has 1 amide bonds. The standard InChI is InChI=1S/C18H16BrN3O2/c19-15-8-16(11-20-10-15)21-9-13-3-1-4-14(7-13)18(23)22-12-17-5-2-6-24-17/h1-8,10-11,21H,9,12H2,(H,22,23). The highest BCUT2D eigenvalue weighted by atomic mass is 79.9. The molecule has 0 saturated heterocycles. The average Bonchev–Trinajstić information content (AvgIpc) is 3.12. The molecule has 0 aliphatic carbocycles. The normalized spacial score (nSPS) is 10.4. The molecule has 6 heteroatoms. The van der Waals surface area contributed by atoms with E-state index in [2.05, 4.69) is 31.5 Å². The van der Waals surface area contributed by atoms with Crippen LogP contribution in [0.5, 0.6) is 0 Å². The Morgan fingerprint density at radius 2 is 2.04 bits per heavy atom. The Labute approximate surface area is 148 Å². The molecule has 0 aliphatic heterocycles. The van der Waals surface area contributed by atoms with E-state index in [4.69, 9.17) is 4.42 Å². The zero-order chi connectivity index (χ0) is 16.8. The van der Waals surface area contributed by atoms with Gasteiger partial charge in [0.05, 0.1) is 24.7 Å². The largest absolute Gasteiger partial charge is 0.467 e. The number of furan rings is 1. The highest BCUT2D eigenvalue weighted by Gasteiger charge is 2.07. The fourth-order valence-electron chi connectivity index (χ4n) is 2.22. The molecule has 3 rings (SSSR count). The first kappa shape index (κ1) is 16.3. The molecule has 122 valence electrons. The summed E-state index contributed by atoms with van der Waals surface area (Å²) < 4.78 is 6.12. The predicted molar refractivity (Wildman–Crippen MR) is 95.6 cm³/mol. The van der Waals surface area contributed by atoms with Crippen molar-refractivity contribution in [1.82, 2.24) is 10.3 Å². The van der Waals surface area contributed by atoms with E-state index < -0.39 is 0 Å². The molecule has 0 unspecified atom stereocenters. The summed E-state index contributed by atoms with van der Waals surface area (Å²) in [5.41, 5.74) is 2.55. The predicted octanol–water partition coefficient (Wildman–Crippen LogP) is 3.98. The van der Waals surface area contributed by atoms with E-state index in [1.807, 2.05) is 30.3 Å². The van der Waals surface area contributed by atoms with Gasteiger partial charge in [-0.2, -0.15) is 0 Å². The van der Waals surface area contributed by atoms with Gasteiger partial charge in [0, 0.05) is 22.8 Å². The molecular formula is C18H16BrN3O2. The third kappa shape index (κ3) is 4.45. The van der Waals surface area contributed by atoms with Crippen molar-refractivity contribution >= 4 is 27.5 Å². The first-order valence-corrected chi connectivity index (χ1v) is 8.24. The Morgan fingerprint density at radius 3 is 2.83 bits per heavy atom. The second-order valence-electron chi connectivity index (χ2n) is 5.21. The number of nitrogens with one attached hydrogen (secondary N) is 2. The van der Waals surface area contributed by atoms with Crippen molar-refractivity contribution in [2.75, 3.05) is 5.32 Å². The molecule has 0 saturated carbocycles. The molecule has 24 heavy (non-hydrogen) atoms. The van der Waals surface area contributed by atoms with Crippen LogP contribution in [-0.2, 0) is 13.1 Å². The van der Waals surface area contributed by atoms with Crippen LogP contribution in [0.25, 0.3) is 0 Å². The van der Waals surface area contributed by atoms with Crippen LogP contribution in [0.2, 0.25) is 0 Å². The monoisotopic (exact) mass is 385 g/mol. The number of hydrogen-bond donors (Lipinski definition) is 2. The summed E-state index contributed by atoms with van der Waals surface area (Å²) in [5, 5.41) is 6.12. The third-order valence-corrected chi connectivity index (χ3v) is 3.83. The van der Waals surface area contributed by atoms with E-state index in [9.17, 15) is 4.79 Å². The number of carbonyl (C=O) groups excluding carboxylic acids is 1. The maximum atomic E-state index is 12.2.